The van der Waals surface area contributed by atoms with Crippen LogP contribution in [-0.2, 0) is 9.59 Å². The van der Waals surface area contributed by atoms with E-state index < -0.39 is 11.3 Å². The molecule has 2 heterocycles. The third-order valence-corrected chi connectivity index (χ3v) is 9.29. The number of benzene rings is 1. The molecule has 0 bridgehead atoms. The standard InChI is InChI=1S/C30H44ClF2N3O3/c1-28(2,3)35-17-24(20-6-8-21(31)9-7-20)25(18-35)26(38)34-15-12-23(16-34)36(27(39)29(4,5)19-37)22-10-13-30(32,33)14-11-22/h6-9,22-25,37H,10-19H2,1-5H3/t23-,24-,25+/m0/s1. The van der Waals surface area contributed by atoms with Crippen molar-refractivity contribution in [3.05, 3.63) is 34.9 Å². The maximum Gasteiger partial charge on any atom is 0.248 e. The zero-order chi connectivity index (χ0) is 28.8. The Balaban J connectivity index is 1.54. The Morgan fingerprint density at radius 2 is 1.62 bits per heavy atom. The van der Waals surface area contributed by atoms with E-state index in [4.69, 9.17) is 11.6 Å². The van der Waals surface area contributed by atoms with Crippen LogP contribution in [0.1, 0.15) is 78.2 Å². The minimum Gasteiger partial charge on any atom is -0.395 e. The average Bonchev–Trinajstić information content (AvgIpc) is 3.53. The van der Waals surface area contributed by atoms with Gasteiger partial charge in [0.2, 0.25) is 17.7 Å². The molecule has 2 amide bonds. The molecule has 2 saturated heterocycles. The van der Waals surface area contributed by atoms with E-state index in [2.05, 4.69) is 25.7 Å². The van der Waals surface area contributed by atoms with E-state index in [-0.39, 0.29) is 73.6 Å². The summed E-state index contributed by atoms with van der Waals surface area (Å²) in [6.45, 7) is 11.8. The van der Waals surface area contributed by atoms with Crippen LogP contribution in [0.2, 0.25) is 5.02 Å². The zero-order valence-electron chi connectivity index (χ0n) is 23.9. The van der Waals surface area contributed by atoms with E-state index in [0.29, 0.717) is 31.1 Å². The van der Waals surface area contributed by atoms with Crippen LogP contribution in [0.5, 0.6) is 0 Å². The van der Waals surface area contributed by atoms with Gasteiger partial charge in [0.05, 0.1) is 24.0 Å². The summed E-state index contributed by atoms with van der Waals surface area (Å²) in [6, 6.07) is 7.17. The highest BCUT2D eigenvalue weighted by Crippen LogP contribution is 2.40. The summed E-state index contributed by atoms with van der Waals surface area (Å²) in [7, 11) is 0. The molecule has 1 saturated carbocycles. The Bertz CT molecular complexity index is 1030. The van der Waals surface area contributed by atoms with Crippen molar-refractivity contribution in [1.29, 1.82) is 0 Å². The van der Waals surface area contributed by atoms with Gasteiger partial charge in [-0.3, -0.25) is 14.5 Å². The van der Waals surface area contributed by atoms with Crippen LogP contribution >= 0.6 is 11.6 Å². The molecule has 9 heteroatoms. The maximum absolute atomic E-state index is 14.1. The molecule has 1 aromatic carbocycles. The molecule has 1 N–H and O–H groups in total. The van der Waals surface area contributed by atoms with Gasteiger partial charge in [-0.1, -0.05) is 23.7 Å². The second-order valence-electron chi connectivity index (χ2n) is 13.4. The summed E-state index contributed by atoms with van der Waals surface area (Å²) in [5, 5.41) is 10.6. The smallest absolute Gasteiger partial charge is 0.248 e. The second kappa shape index (κ2) is 11.2. The quantitative estimate of drug-likeness (QED) is 0.514. The van der Waals surface area contributed by atoms with Crippen molar-refractivity contribution in [2.75, 3.05) is 32.8 Å². The molecule has 0 radical (unpaired) electrons. The lowest BCUT2D eigenvalue weighted by atomic mass is 9.86. The van der Waals surface area contributed by atoms with Crippen LogP contribution < -0.4 is 0 Å². The lowest BCUT2D eigenvalue weighted by Crippen LogP contribution is -2.55. The van der Waals surface area contributed by atoms with Gasteiger partial charge in [0.25, 0.3) is 0 Å². The van der Waals surface area contributed by atoms with Gasteiger partial charge < -0.3 is 14.9 Å². The first-order valence-electron chi connectivity index (χ1n) is 14.2. The number of amides is 2. The van der Waals surface area contributed by atoms with Crippen molar-refractivity contribution in [2.24, 2.45) is 11.3 Å². The van der Waals surface area contributed by atoms with Crippen molar-refractivity contribution in [3.8, 4) is 0 Å². The number of carbonyl (C=O) groups is 2. The summed E-state index contributed by atoms with van der Waals surface area (Å²) < 4.78 is 27.9. The summed E-state index contributed by atoms with van der Waals surface area (Å²) in [4.78, 5) is 33.7. The number of rotatable bonds is 6. The third kappa shape index (κ3) is 6.59. The Morgan fingerprint density at radius 1 is 1.00 bits per heavy atom. The summed E-state index contributed by atoms with van der Waals surface area (Å²) in [6.07, 6.45) is 0.569. The van der Waals surface area contributed by atoms with Crippen LogP contribution in [-0.4, -0.2) is 88.0 Å². The number of aliphatic hydroxyl groups excluding tert-OH is 1. The van der Waals surface area contributed by atoms with Crippen LogP contribution in [0.15, 0.2) is 24.3 Å². The van der Waals surface area contributed by atoms with Crippen molar-refractivity contribution in [2.45, 2.75) is 96.2 Å². The molecule has 218 valence electrons. The molecular formula is C30H44ClF2N3O3. The van der Waals surface area contributed by atoms with E-state index in [1.54, 1.807) is 18.7 Å². The molecule has 6 nitrogen and oxygen atoms in total. The molecule has 3 aliphatic rings. The molecule has 1 aliphatic carbocycles. The number of alkyl halides is 2. The van der Waals surface area contributed by atoms with Crippen LogP contribution in [0.4, 0.5) is 8.78 Å². The normalized spacial score (nSPS) is 26.7. The van der Waals surface area contributed by atoms with E-state index >= 15 is 0 Å². The Kier molecular flexibility index (Phi) is 8.71. The highest BCUT2D eigenvalue weighted by molar-refractivity contribution is 6.30. The first-order chi connectivity index (χ1) is 18.1. The molecule has 39 heavy (non-hydrogen) atoms. The average molecular weight is 568 g/mol. The highest BCUT2D eigenvalue weighted by Gasteiger charge is 2.48. The highest BCUT2D eigenvalue weighted by atomic mass is 35.5. The van der Waals surface area contributed by atoms with Crippen molar-refractivity contribution >= 4 is 23.4 Å². The Morgan fingerprint density at radius 3 is 2.18 bits per heavy atom. The zero-order valence-corrected chi connectivity index (χ0v) is 24.7. The van der Waals surface area contributed by atoms with E-state index in [0.717, 1.165) is 12.1 Å². The van der Waals surface area contributed by atoms with Gasteiger partial charge in [-0.05, 0) is 71.6 Å². The van der Waals surface area contributed by atoms with Gasteiger partial charge in [0, 0.05) is 61.5 Å². The van der Waals surface area contributed by atoms with Gasteiger partial charge in [-0.15, -0.1) is 0 Å². The fourth-order valence-corrected chi connectivity index (χ4v) is 6.53. The van der Waals surface area contributed by atoms with Gasteiger partial charge in [-0.2, -0.15) is 0 Å². The minimum atomic E-state index is -2.70. The predicted molar refractivity (Wildman–Crippen MR) is 149 cm³/mol. The molecule has 0 aromatic heterocycles. The number of carbonyl (C=O) groups excluding carboxylic acids is 2. The number of hydrogen-bond acceptors (Lipinski definition) is 4. The molecule has 0 spiro atoms. The topological polar surface area (TPSA) is 64.1 Å². The molecule has 1 aromatic rings. The Hall–Kier alpha value is -1.77. The molecule has 3 fully saturated rings. The summed E-state index contributed by atoms with van der Waals surface area (Å²) in [5.74, 6) is -3.05. The number of hydrogen-bond donors (Lipinski definition) is 1. The first kappa shape index (κ1) is 30.2. The molecule has 0 unspecified atom stereocenters. The van der Waals surface area contributed by atoms with Crippen molar-refractivity contribution < 1.29 is 23.5 Å². The monoisotopic (exact) mass is 567 g/mol. The summed E-state index contributed by atoms with van der Waals surface area (Å²) >= 11 is 6.14. The largest absolute Gasteiger partial charge is 0.395 e. The Labute approximate surface area is 236 Å². The van der Waals surface area contributed by atoms with E-state index in [1.807, 2.05) is 29.2 Å². The number of aliphatic hydroxyl groups is 1. The molecule has 2 aliphatic heterocycles. The van der Waals surface area contributed by atoms with Gasteiger partial charge in [0.1, 0.15) is 0 Å². The van der Waals surface area contributed by atoms with E-state index in [1.165, 1.54) is 0 Å². The van der Waals surface area contributed by atoms with Gasteiger partial charge in [0.15, 0.2) is 0 Å². The molecule has 4 rings (SSSR count). The number of likely N-dealkylation sites (tertiary alicyclic amines) is 2. The SMILES string of the molecule is CC(C)(CO)C(=O)N(C1CCC(F)(F)CC1)[C@H]1CCN(C(=O)[C@@H]2CN(C(C)(C)C)C[C@H]2c2ccc(Cl)cc2)C1. The fraction of sp³-hybridized carbons (Fsp3) is 0.733. The molecule has 3 atom stereocenters. The first-order valence-corrected chi connectivity index (χ1v) is 14.6. The summed E-state index contributed by atoms with van der Waals surface area (Å²) in [5.41, 5.74) is -0.0182. The number of nitrogens with zero attached hydrogens (tertiary/aromatic N) is 3. The van der Waals surface area contributed by atoms with Gasteiger partial charge >= 0.3 is 0 Å². The fourth-order valence-electron chi connectivity index (χ4n) is 6.40. The van der Waals surface area contributed by atoms with Gasteiger partial charge in [-0.25, -0.2) is 8.78 Å². The second-order valence-corrected chi connectivity index (χ2v) is 13.8. The molecular weight excluding hydrogens is 524 g/mol. The van der Waals surface area contributed by atoms with Crippen molar-refractivity contribution in [3.63, 3.8) is 0 Å². The lowest BCUT2D eigenvalue weighted by Gasteiger charge is -2.43. The predicted octanol–water partition coefficient (Wildman–Crippen LogP) is 5.18. The van der Waals surface area contributed by atoms with Crippen molar-refractivity contribution in [1.82, 2.24) is 14.7 Å². The van der Waals surface area contributed by atoms with Crippen LogP contribution in [0, 0.1) is 11.3 Å². The lowest BCUT2D eigenvalue weighted by molar-refractivity contribution is -0.151. The third-order valence-electron chi connectivity index (χ3n) is 9.04. The maximum atomic E-state index is 14.1. The number of halogens is 3. The van der Waals surface area contributed by atoms with Crippen LogP contribution in [0.25, 0.3) is 0 Å². The van der Waals surface area contributed by atoms with E-state index in [9.17, 15) is 23.5 Å². The van der Waals surface area contributed by atoms with Crippen LogP contribution in [0.3, 0.4) is 0 Å². The minimum absolute atomic E-state index is 0.0275.